The first-order valence-corrected chi connectivity index (χ1v) is 19.4. The van der Waals surface area contributed by atoms with E-state index in [1.807, 2.05) is 6.07 Å². The number of hydrogen-bond donors (Lipinski definition) is 0. The summed E-state index contributed by atoms with van der Waals surface area (Å²) in [7, 11) is 0. The van der Waals surface area contributed by atoms with Crippen molar-refractivity contribution in [3.05, 3.63) is 251 Å². The predicted octanol–water partition coefficient (Wildman–Crippen LogP) is 12.5. The maximum atomic E-state index is 5.30. The van der Waals surface area contributed by atoms with Crippen molar-refractivity contribution in [1.29, 1.82) is 0 Å². The summed E-state index contributed by atoms with van der Waals surface area (Å²) in [4.78, 5) is 10.4. The van der Waals surface area contributed by atoms with Gasteiger partial charge in [0.1, 0.15) is 0 Å². The summed E-state index contributed by atoms with van der Waals surface area (Å²) in [5.41, 5.74) is 19.7. The van der Waals surface area contributed by atoms with Crippen LogP contribution in [0.25, 0.3) is 56.2 Å². The molecule has 0 saturated heterocycles. The van der Waals surface area contributed by atoms with Gasteiger partial charge < -0.3 is 0 Å². The van der Waals surface area contributed by atoms with Crippen molar-refractivity contribution in [1.82, 2.24) is 9.97 Å². The SMILES string of the molecule is c1ccc(-c2cc(-c3ccc4c(c3)C3(c5ccccc5-4)c4ccccc4C4(c5ccccc5)c5ccccc5-c5cccc3c54)nc(-c3ccccc3)n2)cc1. The van der Waals surface area contributed by atoms with E-state index in [4.69, 9.17) is 9.97 Å². The fraction of sp³-hybridized carbons (Fsp3) is 0.0370. The minimum absolute atomic E-state index is 0.469. The molecule has 8 aromatic carbocycles. The number of aromatic nitrogens is 2. The molecule has 0 radical (unpaired) electrons. The Labute approximate surface area is 326 Å². The van der Waals surface area contributed by atoms with Gasteiger partial charge >= 0.3 is 0 Å². The van der Waals surface area contributed by atoms with Crippen molar-refractivity contribution in [3.8, 4) is 56.2 Å². The highest BCUT2D eigenvalue weighted by molar-refractivity contribution is 5.96. The topological polar surface area (TPSA) is 25.8 Å². The average molecular weight is 711 g/mol. The fourth-order valence-corrected chi connectivity index (χ4v) is 10.5. The van der Waals surface area contributed by atoms with Gasteiger partial charge in [0.15, 0.2) is 5.82 Å². The summed E-state index contributed by atoms with van der Waals surface area (Å²) >= 11 is 0. The first-order valence-electron chi connectivity index (χ1n) is 19.4. The van der Waals surface area contributed by atoms with Gasteiger partial charge in [-0.1, -0.05) is 194 Å². The third-order valence-corrected chi connectivity index (χ3v) is 12.6. The quantitative estimate of drug-likeness (QED) is 0.182. The van der Waals surface area contributed by atoms with E-state index in [-0.39, 0.29) is 0 Å². The van der Waals surface area contributed by atoms with E-state index in [9.17, 15) is 0 Å². The molecule has 2 unspecified atom stereocenters. The molecular formula is C54H34N2. The molecule has 0 aliphatic heterocycles. The van der Waals surface area contributed by atoms with Gasteiger partial charge in [0.2, 0.25) is 0 Å². The zero-order valence-corrected chi connectivity index (χ0v) is 30.5. The zero-order chi connectivity index (χ0) is 36.8. The van der Waals surface area contributed by atoms with E-state index in [2.05, 4.69) is 200 Å². The maximum Gasteiger partial charge on any atom is 0.160 e. The first kappa shape index (κ1) is 31.2. The molecule has 3 aliphatic rings. The van der Waals surface area contributed by atoms with Crippen LogP contribution in [0.1, 0.15) is 44.5 Å². The molecule has 9 aromatic rings. The minimum Gasteiger partial charge on any atom is -0.228 e. The standard InChI is InChI=1S/C54H34N2/c1-4-17-35(18-5-1)49-34-50(56-52(55-49)36-19-6-2-7-20-36)37-31-32-41-39-23-10-13-27-44(39)54(48(41)33-37)46-29-15-14-28-45(46)53(38-21-8-3-9-22-38)43-26-12-11-24-40(43)42-25-16-30-47(54)51(42)53/h1-34H. The molecular weight excluding hydrogens is 677 g/mol. The van der Waals surface area contributed by atoms with Crippen LogP contribution in [0, 0.1) is 0 Å². The molecule has 2 nitrogen and oxygen atoms in total. The highest BCUT2D eigenvalue weighted by atomic mass is 14.9. The van der Waals surface area contributed by atoms with E-state index in [0.29, 0.717) is 0 Å². The summed E-state index contributed by atoms with van der Waals surface area (Å²) in [6.45, 7) is 0. The Hall–Kier alpha value is -7.16. The van der Waals surface area contributed by atoms with Gasteiger partial charge in [-0.3, -0.25) is 0 Å². The molecule has 1 spiro atoms. The van der Waals surface area contributed by atoms with E-state index in [1.165, 1.54) is 66.8 Å². The van der Waals surface area contributed by atoms with Crippen molar-refractivity contribution in [2.24, 2.45) is 0 Å². The summed E-state index contributed by atoms with van der Waals surface area (Å²) in [5, 5.41) is 0. The van der Waals surface area contributed by atoms with E-state index >= 15 is 0 Å². The molecule has 3 aliphatic carbocycles. The lowest BCUT2D eigenvalue weighted by Crippen LogP contribution is -2.43. The molecule has 1 aromatic heterocycles. The molecule has 0 bridgehead atoms. The minimum atomic E-state index is -0.568. The Morgan fingerprint density at radius 2 is 0.768 bits per heavy atom. The van der Waals surface area contributed by atoms with Crippen LogP contribution in [0.3, 0.4) is 0 Å². The van der Waals surface area contributed by atoms with E-state index in [1.54, 1.807) is 0 Å². The molecule has 2 atom stereocenters. The van der Waals surface area contributed by atoms with Crippen LogP contribution in [0.5, 0.6) is 0 Å². The average Bonchev–Trinajstić information content (AvgIpc) is 3.75. The van der Waals surface area contributed by atoms with Gasteiger partial charge in [-0.2, -0.15) is 0 Å². The second kappa shape index (κ2) is 11.7. The number of nitrogens with zero attached hydrogens (tertiary/aromatic N) is 2. The van der Waals surface area contributed by atoms with E-state index in [0.717, 1.165) is 33.9 Å². The van der Waals surface area contributed by atoms with Crippen LogP contribution in [0.2, 0.25) is 0 Å². The molecule has 12 rings (SSSR count). The summed E-state index contributed by atoms with van der Waals surface area (Å²) in [6, 6.07) is 75.7. The monoisotopic (exact) mass is 710 g/mol. The molecule has 260 valence electrons. The van der Waals surface area contributed by atoms with Gasteiger partial charge in [0.05, 0.1) is 22.2 Å². The second-order valence-electron chi connectivity index (χ2n) is 15.2. The second-order valence-corrected chi connectivity index (χ2v) is 15.2. The third kappa shape index (κ3) is 4.00. The molecule has 0 amide bonds. The molecule has 0 fully saturated rings. The van der Waals surface area contributed by atoms with Gasteiger partial charge in [0, 0.05) is 16.7 Å². The molecule has 2 heteroatoms. The zero-order valence-electron chi connectivity index (χ0n) is 30.5. The number of fused-ring (bicyclic) bond motifs is 12. The van der Waals surface area contributed by atoms with Crippen LogP contribution >= 0.6 is 0 Å². The molecule has 56 heavy (non-hydrogen) atoms. The Morgan fingerprint density at radius 3 is 1.46 bits per heavy atom. The lowest BCUT2D eigenvalue weighted by atomic mass is 9.52. The number of rotatable bonds is 4. The van der Waals surface area contributed by atoms with Gasteiger partial charge in [-0.05, 0) is 78.9 Å². The normalized spacial score (nSPS) is 17.8. The third-order valence-electron chi connectivity index (χ3n) is 12.6. The summed E-state index contributed by atoms with van der Waals surface area (Å²) in [5.74, 6) is 0.717. The largest absolute Gasteiger partial charge is 0.228 e. The van der Waals surface area contributed by atoms with Gasteiger partial charge in [0.25, 0.3) is 0 Å². The first-order chi connectivity index (χ1) is 27.8. The van der Waals surface area contributed by atoms with Crippen molar-refractivity contribution in [2.75, 3.05) is 0 Å². The van der Waals surface area contributed by atoms with Gasteiger partial charge in [-0.15, -0.1) is 0 Å². The fourth-order valence-electron chi connectivity index (χ4n) is 10.5. The van der Waals surface area contributed by atoms with Crippen molar-refractivity contribution >= 4 is 0 Å². The maximum absolute atomic E-state index is 5.30. The highest BCUT2D eigenvalue weighted by Crippen LogP contribution is 2.68. The van der Waals surface area contributed by atoms with Crippen LogP contribution in [0.4, 0.5) is 0 Å². The lowest BCUT2D eigenvalue weighted by Gasteiger charge is -2.48. The summed E-state index contributed by atoms with van der Waals surface area (Å²) in [6.07, 6.45) is 0. The van der Waals surface area contributed by atoms with Crippen LogP contribution in [-0.2, 0) is 10.8 Å². The Morgan fingerprint density at radius 1 is 0.286 bits per heavy atom. The van der Waals surface area contributed by atoms with Crippen molar-refractivity contribution in [3.63, 3.8) is 0 Å². The van der Waals surface area contributed by atoms with Crippen LogP contribution in [-0.4, -0.2) is 9.97 Å². The number of benzene rings is 8. The van der Waals surface area contributed by atoms with Crippen molar-refractivity contribution in [2.45, 2.75) is 10.8 Å². The molecule has 0 saturated carbocycles. The van der Waals surface area contributed by atoms with Crippen molar-refractivity contribution < 1.29 is 0 Å². The van der Waals surface area contributed by atoms with Crippen LogP contribution in [0.15, 0.2) is 206 Å². The predicted molar refractivity (Wildman–Crippen MR) is 227 cm³/mol. The summed E-state index contributed by atoms with van der Waals surface area (Å²) < 4.78 is 0. The van der Waals surface area contributed by atoms with Crippen LogP contribution < -0.4 is 0 Å². The smallest absolute Gasteiger partial charge is 0.160 e. The number of hydrogen-bond acceptors (Lipinski definition) is 2. The van der Waals surface area contributed by atoms with Gasteiger partial charge in [-0.25, -0.2) is 9.97 Å². The Bertz CT molecular complexity index is 2970. The van der Waals surface area contributed by atoms with E-state index < -0.39 is 10.8 Å². The lowest BCUT2D eigenvalue weighted by molar-refractivity contribution is 0.636. The molecule has 1 heterocycles. The Kier molecular flexibility index (Phi) is 6.50. The molecule has 0 N–H and O–H groups in total. The highest BCUT2D eigenvalue weighted by Gasteiger charge is 2.59. The Balaban J connectivity index is 1.19.